The number of carbonyl (C=O) groups is 2. The van der Waals surface area contributed by atoms with Gasteiger partial charge in [0, 0.05) is 16.1 Å². The van der Waals surface area contributed by atoms with Crippen LogP contribution in [0.4, 0.5) is 5.69 Å². The number of benzene rings is 2. The number of anilines is 1. The van der Waals surface area contributed by atoms with Gasteiger partial charge in [-0.1, -0.05) is 30.3 Å². The molecular weight excluding hydrogens is 480 g/mol. The Morgan fingerprint density at radius 1 is 1.06 bits per heavy atom. The molecule has 176 valence electrons. The highest BCUT2D eigenvalue weighted by atomic mass is 32.1. The number of ether oxygens (including phenoxy) is 1. The third-order valence-corrected chi connectivity index (χ3v) is 8.25. The number of ketones is 1. The molecule has 4 aromatic rings. The van der Waals surface area contributed by atoms with E-state index >= 15 is 0 Å². The first kappa shape index (κ1) is 23.0. The Hall–Kier alpha value is -3.75. The molecule has 0 saturated carbocycles. The fourth-order valence-corrected chi connectivity index (χ4v) is 6.24. The van der Waals surface area contributed by atoms with E-state index in [-0.39, 0.29) is 11.4 Å². The van der Waals surface area contributed by atoms with Crippen molar-refractivity contribution >= 4 is 40.1 Å². The molecule has 2 aromatic carbocycles. The van der Waals surface area contributed by atoms with E-state index in [1.807, 2.05) is 48.7 Å². The highest BCUT2D eigenvalue weighted by molar-refractivity contribution is 7.17. The van der Waals surface area contributed by atoms with Crippen LogP contribution in [-0.4, -0.2) is 28.9 Å². The molecule has 0 spiro atoms. The summed E-state index contributed by atoms with van der Waals surface area (Å²) in [6, 6.07) is 17.8. The lowest BCUT2D eigenvalue weighted by Gasteiger charge is -2.26. The molecule has 6 nitrogen and oxygen atoms in total. The number of Topliss-reactive ketones (excluding diaryl/α,β-unsaturated/α-hetero) is 1. The van der Waals surface area contributed by atoms with Crippen molar-refractivity contribution in [2.45, 2.75) is 19.9 Å². The molecule has 8 heteroatoms. The first-order valence-corrected chi connectivity index (χ1v) is 12.6. The molecular formula is C27H22N2O4S2. The molecule has 0 radical (unpaired) electrons. The number of thiazole rings is 1. The molecule has 5 rings (SSSR count). The Bertz CT molecular complexity index is 1450. The van der Waals surface area contributed by atoms with Gasteiger partial charge in [-0.05, 0) is 55.1 Å². The molecule has 0 saturated heterocycles. The number of carbonyl (C=O) groups excluding carboxylic acids is 2. The molecule has 3 heterocycles. The van der Waals surface area contributed by atoms with Crippen molar-refractivity contribution in [2.75, 3.05) is 12.0 Å². The van der Waals surface area contributed by atoms with Crippen LogP contribution in [0.3, 0.4) is 0 Å². The van der Waals surface area contributed by atoms with Crippen molar-refractivity contribution in [1.82, 2.24) is 4.98 Å². The highest BCUT2D eigenvalue weighted by Crippen LogP contribution is 2.45. The van der Waals surface area contributed by atoms with Crippen LogP contribution in [0.1, 0.15) is 31.8 Å². The third-order valence-electron chi connectivity index (χ3n) is 5.98. The van der Waals surface area contributed by atoms with Crippen molar-refractivity contribution < 1.29 is 19.4 Å². The topological polar surface area (TPSA) is 79.7 Å². The minimum absolute atomic E-state index is 0.0720. The van der Waals surface area contributed by atoms with Crippen LogP contribution >= 0.6 is 22.7 Å². The monoisotopic (exact) mass is 502 g/mol. The molecule has 2 aromatic heterocycles. The molecule has 1 aliphatic heterocycles. The van der Waals surface area contributed by atoms with Gasteiger partial charge in [-0.2, -0.15) is 0 Å². The van der Waals surface area contributed by atoms with Gasteiger partial charge in [0.25, 0.3) is 5.91 Å². The highest BCUT2D eigenvalue weighted by Gasteiger charge is 2.46. The number of aromatic nitrogens is 1. The second-order valence-electron chi connectivity index (χ2n) is 8.13. The maximum Gasteiger partial charge on any atom is 0.294 e. The average Bonchev–Trinajstić information content (AvgIpc) is 3.55. The number of nitrogens with zero attached hydrogens (tertiary/aromatic N) is 2. The number of methoxy groups -OCH3 is 1. The number of amides is 1. The Balaban J connectivity index is 1.61. The summed E-state index contributed by atoms with van der Waals surface area (Å²) < 4.78 is 5.25. The summed E-state index contributed by atoms with van der Waals surface area (Å²) in [5, 5.41) is 13.7. The first-order chi connectivity index (χ1) is 16.9. The molecule has 1 amide bonds. The summed E-state index contributed by atoms with van der Waals surface area (Å²) in [5.41, 5.74) is 3.05. The van der Waals surface area contributed by atoms with E-state index in [2.05, 4.69) is 4.98 Å². The lowest BCUT2D eigenvalue weighted by Crippen LogP contribution is -2.30. The van der Waals surface area contributed by atoms with Crippen molar-refractivity contribution in [1.29, 1.82) is 0 Å². The quantitative estimate of drug-likeness (QED) is 0.314. The van der Waals surface area contributed by atoms with Gasteiger partial charge in [0.05, 0.1) is 23.3 Å². The summed E-state index contributed by atoms with van der Waals surface area (Å²) in [6.45, 7) is 3.71. The molecule has 1 aliphatic rings. The molecule has 1 atom stereocenters. The van der Waals surface area contributed by atoms with Gasteiger partial charge in [0.2, 0.25) is 5.78 Å². The second-order valence-corrected chi connectivity index (χ2v) is 10.1. The predicted molar refractivity (Wildman–Crippen MR) is 139 cm³/mol. The van der Waals surface area contributed by atoms with E-state index < -0.39 is 17.7 Å². The molecule has 1 N–H and O–H groups in total. The van der Waals surface area contributed by atoms with Crippen LogP contribution in [0.15, 0.2) is 77.4 Å². The maximum atomic E-state index is 13.9. The molecule has 35 heavy (non-hydrogen) atoms. The van der Waals surface area contributed by atoms with Crippen LogP contribution < -0.4 is 9.64 Å². The van der Waals surface area contributed by atoms with Crippen LogP contribution in [-0.2, 0) is 4.79 Å². The molecule has 0 bridgehead atoms. The summed E-state index contributed by atoms with van der Waals surface area (Å²) in [5.74, 6) is -0.882. The van der Waals surface area contributed by atoms with E-state index in [9.17, 15) is 14.7 Å². The van der Waals surface area contributed by atoms with Gasteiger partial charge in [0.15, 0.2) is 5.76 Å². The van der Waals surface area contributed by atoms with E-state index in [0.717, 1.165) is 16.0 Å². The minimum Gasteiger partial charge on any atom is -0.503 e. The van der Waals surface area contributed by atoms with Crippen LogP contribution in [0, 0.1) is 13.8 Å². The normalized spacial score (nSPS) is 15.7. The summed E-state index contributed by atoms with van der Waals surface area (Å²) in [7, 11) is 1.57. The zero-order valence-corrected chi connectivity index (χ0v) is 20.9. The van der Waals surface area contributed by atoms with Gasteiger partial charge in [0.1, 0.15) is 16.8 Å². The summed E-state index contributed by atoms with van der Waals surface area (Å²) in [4.78, 5) is 34.6. The lowest BCUT2D eigenvalue weighted by atomic mass is 9.98. The summed E-state index contributed by atoms with van der Waals surface area (Å²) >= 11 is 2.72. The Labute approximate surface area is 210 Å². The zero-order valence-electron chi connectivity index (χ0n) is 19.3. The van der Waals surface area contributed by atoms with E-state index in [1.165, 1.54) is 27.6 Å². The van der Waals surface area contributed by atoms with Crippen molar-refractivity contribution in [3.05, 3.63) is 98.4 Å². The smallest absolute Gasteiger partial charge is 0.294 e. The van der Waals surface area contributed by atoms with Crippen LogP contribution in [0.25, 0.3) is 10.6 Å². The van der Waals surface area contributed by atoms with Gasteiger partial charge in [-0.15, -0.1) is 22.7 Å². The second kappa shape index (κ2) is 9.13. The predicted octanol–water partition coefficient (Wildman–Crippen LogP) is 6.28. The summed E-state index contributed by atoms with van der Waals surface area (Å²) in [6.07, 6.45) is 0. The fourth-order valence-electron chi connectivity index (χ4n) is 4.19. The standard InChI is InChI=1S/C27H22N2O4S2/c1-15-13-14-34-24(15)21-20(23(31)27(32)29(21)18-9-11-19(33-3)12-10-18)22(30)25-16(2)28-26(35-25)17-7-5-4-6-8-17/h4-14,21,31H,1-3H3. The fraction of sp³-hybridized carbons (Fsp3) is 0.148. The molecule has 0 aliphatic carbocycles. The maximum absolute atomic E-state index is 13.9. The number of aliphatic hydroxyl groups excluding tert-OH is 1. The van der Waals surface area contributed by atoms with Crippen molar-refractivity contribution in [3.63, 3.8) is 0 Å². The zero-order chi connectivity index (χ0) is 24.7. The van der Waals surface area contributed by atoms with Gasteiger partial charge < -0.3 is 9.84 Å². The Kier molecular flexibility index (Phi) is 6.00. The SMILES string of the molecule is COc1ccc(N2C(=O)C(O)=C(C(=O)c3sc(-c4ccccc4)nc3C)C2c2sccc2C)cc1. The number of aryl methyl sites for hydroxylation is 2. The lowest BCUT2D eigenvalue weighted by molar-refractivity contribution is -0.117. The van der Waals surface area contributed by atoms with Gasteiger partial charge in [-0.3, -0.25) is 14.5 Å². The van der Waals surface area contributed by atoms with Gasteiger partial charge in [-0.25, -0.2) is 4.98 Å². The van der Waals surface area contributed by atoms with Gasteiger partial charge >= 0.3 is 0 Å². The Morgan fingerprint density at radius 3 is 2.40 bits per heavy atom. The van der Waals surface area contributed by atoms with Crippen LogP contribution in [0.2, 0.25) is 0 Å². The van der Waals surface area contributed by atoms with E-state index in [4.69, 9.17) is 4.74 Å². The Morgan fingerprint density at radius 2 is 1.77 bits per heavy atom. The third kappa shape index (κ3) is 3.94. The number of aliphatic hydroxyl groups is 1. The number of rotatable bonds is 6. The molecule has 1 unspecified atom stereocenters. The minimum atomic E-state index is -0.745. The average molecular weight is 503 g/mol. The number of thiophene rings is 1. The number of hydrogen-bond acceptors (Lipinski definition) is 7. The van der Waals surface area contributed by atoms with E-state index in [0.29, 0.717) is 27.0 Å². The number of hydrogen-bond donors (Lipinski definition) is 1. The van der Waals surface area contributed by atoms with Crippen molar-refractivity contribution in [3.8, 4) is 16.3 Å². The molecule has 0 fully saturated rings. The van der Waals surface area contributed by atoms with Crippen LogP contribution in [0.5, 0.6) is 5.75 Å². The largest absolute Gasteiger partial charge is 0.503 e. The first-order valence-electron chi connectivity index (χ1n) is 10.9. The van der Waals surface area contributed by atoms with E-state index in [1.54, 1.807) is 38.3 Å². The van der Waals surface area contributed by atoms with Crippen molar-refractivity contribution in [2.24, 2.45) is 0 Å².